The number of hydrogen-bond acceptors (Lipinski definition) is 8. The molecule has 33 heavy (non-hydrogen) atoms. The summed E-state index contributed by atoms with van der Waals surface area (Å²) in [6.45, 7) is 5.28. The highest BCUT2D eigenvalue weighted by Crippen LogP contribution is 2.37. The van der Waals surface area contributed by atoms with Gasteiger partial charge in [-0.2, -0.15) is 0 Å². The number of pyridine rings is 1. The van der Waals surface area contributed by atoms with Gasteiger partial charge in [0.15, 0.2) is 11.4 Å². The molecule has 1 aromatic heterocycles. The van der Waals surface area contributed by atoms with Gasteiger partial charge in [0.25, 0.3) is 5.91 Å². The molecule has 9 heteroatoms. The van der Waals surface area contributed by atoms with E-state index in [2.05, 4.69) is 10.3 Å². The van der Waals surface area contributed by atoms with Gasteiger partial charge in [0.1, 0.15) is 18.8 Å². The van der Waals surface area contributed by atoms with Crippen LogP contribution in [0.3, 0.4) is 0 Å². The number of aromatic nitrogens is 1. The summed E-state index contributed by atoms with van der Waals surface area (Å²) in [5.74, 6) is -1.96. The highest BCUT2D eigenvalue weighted by molar-refractivity contribution is 5.98. The molecule has 3 rings (SSSR count). The maximum absolute atomic E-state index is 12.9. The normalized spacial score (nSPS) is 17.6. The molecule has 2 unspecified atom stereocenters. The van der Waals surface area contributed by atoms with Crippen molar-refractivity contribution in [2.45, 2.75) is 45.3 Å². The van der Waals surface area contributed by atoms with Gasteiger partial charge < -0.3 is 24.3 Å². The van der Waals surface area contributed by atoms with Gasteiger partial charge in [-0.15, -0.1) is 0 Å². The van der Waals surface area contributed by atoms with Crippen molar-refractivity contribution in [2.24, 2.45) is 0 Å². The predicted molar refractivity (Wildman–Crippen MR) is 118 cm³/mol. The fourth-order valence-electron chi connectivity index (χ4n) is 3.98. The summed E-state index contributed by atoms with van der Waals surface area (Å²) in [6.07, 6.45) is 1.65. The van der Waals surface area contributed by atoms with Crippen molar-refractivity contribution in [3.05, 3.63) is 52.8 Å². The average Bonchev–Trinajstić information content (AvgIpc) is 3.10. The summed E-state index contributed by atoms with van der Waals surface area (Å²) >= 11 is 0. The van der Waals surface area contributed by atoms with Gasteiger partial charge in [0.2, 0.25) is 5.75 Å². The van der Waals surface area contributed by atoms with E-state index in [4.69, 9.17) is 18.9 Å². The number of carbonyl (C=O) groups is 3. The Labute approximate surface area is 192 Å². The van der Waals surface area contributed by atoms with Crippen LogP contribution in [0.15, 0.2) is 30.5 Å². The Morgan fingerprint density at radius 3 is 2.64 bits per heavy atom. The van der Waals surface area contributed by atoms with Gasteiger partial charge in [0.05, 0.1) is 7.11 Å². The maximum Gasteiger partial charge on any atom is 0.337 e. The molecular weight excluding hydrogens is 428 g/mol. The molecule has 1 amide bonds. The quantitative estimate of drug-likeness (QED) is 0.603. The Morgan fingerprint density at radius 2 is 1.97 bits per heavy atom. The summed E-state index contributed by atoms with van der Waals surface area (Å²) in [6, 6.07) is 6.57. The molecule has 176 valence electrons. The molecule has 0 saturated carbocycles. The van der Waals surface area contributed by atoms with Crippen LogP contribution in [0.1, 0.15) is 46.9 Å². The Morgan fingerprint density at radius 1 is 1.21 bits per heavy atom. The minimum absolute atomic E-state index is 0.0555. The molecule has 1 aromatic carbocycles. The zero-order valence-corrected chi connectivity index (χ0v) is 19.3. The molecule has 1 aliphatic carbocycles. The Bertz CT molecular complexity index is 1050. The predicted octanol–water partition coefficient (Wildman–Crippen LogP) is 2.34. The fraction of sp³-hybridized carbons (Fsp3) is 0.417. The SMILES string of the molecule is COCC(=O)Oc1c(OC)ccnc1C(=O)N[C@@H](C)C(=O)OC1Cc2cccc(C)c2C1C. The molecule has 0 saturated heterocycles. The Kier molecular flexibility index (Phi) is 7.65. The standard InChI is InChI=1S/C24H28N2O7/c1-13-7-6-8-16-11-18(14(2)20(13)16)32-24(29)15(3)26-23(28)21-22(33-19(27)12-30-4)17(31-5)9-10-25-21/h6-10,14-15,18H,11-12H2,1-5H3,(H,26,28)/t14?,15-,18?/m0/s1. The zero-order valence-electron chi connectivity index (χ0n) is 19.3. The number of aryl methyl sites for hydroxylation is 1. The van der Waals surface area contributed by atoms with Crippen LogP contribution in [0.4, 0.5) is 0 Å². The van der Waals surface area contributed by atoms with E-state index in [0.717, 1.165) is 0 Å². The minimum Gasteiger partial charge on any atom is -0.493 e. The summed E-state index contributed by atoms with van der Waals surface area (Å²) < 4.78 is 20.9. The number of amides is 1. The molecule has 0 aliphatic heterocycles. The number of esters is 2. The number of methoxy groups -OCH3 is 2. The molecule has 0 radical (unpaired) electrons. The smallest absolute Gasteiger partial charge is 0.337 e. The summed E-state index contributed by atoms with van der Waals surface area (Å²) in [5.41, 5.74) is 3.34. The molecule has 3 atom stereocenters. The lowest BCUT2D eigenvalue weighted by atomic mass is 9.97. The number of nitrogens with one attached hydrogen (secondary N) is 1. The van der Waals surface area contributed by atoms with Crippen LogP contribution in [-0.2, 0) is 25.5 Å². The molecule has 0 spiro atoms. The van der Waals surface area contributed by atoms with Gasteiger partial charge in [-0.05, 0) is 30.5 Å². The number of benzene rings is 1. The second-order valence-electron chi connectivity index (χ2n) is 7.91. The van der Waals surface area contributed by atoms with E-state index in [1.54, 1.807) is 0 Å². The van der Waals surface area contributed by atoms with Crippen LogP contribution < -0.4 is 14.8 Å². The summed E-state index contributed by atoms with van der Waals surface area (Å²) in [7, 11) is 2.71. The van der Waals surface area contributed by atoms with Gasteiger partial charge in [-0.25, -0.2) is 14.6 Å². The van der Waals surface area contributed by atoms with E-state index in [1.807, 2.05) is 32.0 Å². The third-order valence-electron chi connectivity index (χ3n) is 5.60. The average molecular weight is 456 g/mol. The summed E-state index contributed by atoms with van der Waals surface area (Å²) in [4.78, 5) is 41.5. The van der Waals surface area contributed by atoms with Crippen molar-refractivity contribution in [1.29, 1.82) is 0 Å². The second kappa shape index (κ2) is 10.4. The Hall–Kier alpha value is -3.46. The first-order valence-electron chi connectivity index (χ1n) is 10.6. The first-order valence-corrected chi connectivity index (χ1v) is 10.6. The van der Waals surface area contributed by atoms with Crippen molar-refractivity contribution >= 4 is 17.8 Å². The third kappa shape index (κ3) is 5.31. The topological polar surface area (TPSA) is 113 Å². The lowest BCUT2D eigenvalue weighted by molar-refractivity contribution is -0.151. The lowest BCUT2D eigenvalue weighted by Gasteiger charge is -2.21. The van der Waals surface area contributed by atoms with Crippen LogP contribution >= 0.6 is 0 Å². The number of rotatable bonds is 8. The highest BCUT2D eigenvalue weighted by atomic mass is 16.6. The van der Waals surface area contributed by atoms with Crippen LogP contribution in [0.25, 0.3) is 0 Å². The zero-order chi connectivity index (χ0) is 24.1. The van der Waals surface area contributed by atoms with E-state index >= 15 is 0 Å². The summed E-state index contributed by atoms with van der Waals surface area (Å²) in [5, 5.41) is 2.56. The van der Waals surface area contributed by atoms with Crippen molar-refractivity contribution in [2.75, 3.05) is 20.8 Å². The molecule has 1 aliphatic rings. The fourth-order valence-corrected chi connectivity index (χ4v) is 3.98. The lowest BCUT2D eigenvalue weighted by Crippen LogP contribution is -2.41. The van der Waals surface area contributed by atoms with Gasteiger partial charge >= 0.3 is 11.9 Å². The third-order valence-corrected chi connectivity index (χ3v) is 5.60. The molecular formula is C24H28N2O7. The molecule has 1 N–H and O–H groups in total. The monoisotopic (exact) mass is 456 g/mol. The van der Waals surface area contributed by atoms with E-state index < -0.39 is 23.9 Å². The highest BCUT2D eigenvalue weighted by Gasteiger charge is 2.34. The van der Waals surface area contributed by atoms with Crippen molar-refractivity contribution in [1.82, 2.24) is 10.3 Å². The van der Waals surface area contributed by atoms with Crippen LogP contribution in [0.5, 0.6) is 11.5 Å². The number of hydrogen-bond donors (Lipinski definition) is 1. The van der Waals surface area contributed by atoms with E-state index in [1.165, 1.54) is 50.1 Å². The molecule has 2 aromatic rings. The van der Waals surface area contributed by atoms with Crippen LogP contribution in [0.2, 0.25) is 0 Å². The molecule has 0 bridgehead atoms. The Balaban J connectivity index is 1.69. The number of nitrogens with zero attached hydrogens (tertiary/aromatic N) is 1. The van der Waals surface area contributed by atoms with Crippen LogP contribution in [0, 0.1) is 6.92 Å². The first-order chi connectivity index (χ1) is 15.8. The van der Waals surface area contributed by atoms with Crippen LogP contribution in [-0.4, -0.2) is 55.8 Å². The van der Waals surface area contributed by atoms with E-state index in [-0.39, 0.29) is 35.8 Å². The first kappa shape index (κ1) is 24.2. The van der Waals surface area contributed by atoms with Crippen molar-refractivity contribution < 1.29 is 33.3 Å². The number of carbonyl (C=O) groups excluding carboxylic acids is 3. The second-order valence-corrected chi connectivity index (χ2v) is 7.91. The van der Waals surface area contributed by atoms with Gasteiger partial charge in [-0.1, -0.05) is 25.1 Å². The molecule has 1 heterocycles. The van der Waals surface area contributed by atoms with E-state index in [9.17, 15) is 14.4 Å². The van der Waals surface area contributed by atoms with Crippen molar-refractivity contribution in [3.63, 3.8) is 0 Å². The van der Waals surface area contributed by atoms with E-state index in [0.29, 0.717) is 6.42 Å². The maximum atomic E-state index is 12.9. The number of ether oxygens (including phenoxy) is 4. The molecule has 0 fully saturated rings. The number of fused-ring (bicyclic) bond motifs is 1. The van der Waals surface area contributed by atoms with Gasteiger partial charge in [-0.3, -0.25) is 4.79 Å². The largest absolute Gasteiger partial charge is 0.493 e. The minimum atomic E-state index is -0.954. The molecule has 9 nitrogen and oxygen atoms in total. The van der Waals surface area contributed by atoms with Crippen molar-refractivity contribution in [3.8, 4) is 11.5 Å². The van der Waals surface area contributed by atoms with Gasteiger partial charge in [0, 0.05) is 31.7 Å².